The Morgan fingerprint density at radius 3 is 2.45 bits per heavy atom. The van der Waals surface area contributed by atoms with E-state index in [9.17, 15) is 4.79 Å². The summed E-state index contributed by atoms with van der Waals surface area (Å²) in [5.41, 5.74) is 2.18. The number of carbonyl (C=O) groups is 1. The van der Waals surface area contributed by atoms with Gasteiger partial charge in [0.25, 0.3) is 0 Å². The van der Waals surface area contributed by atoms with Crippen LogP contribution in [0, 0.1) is 13.8 Å². The van der Waals surface area contributed by atoms with Crippen LogP contribution in [0.2, 0.25) is 0 Å². The fourth-order valence-electron chi connectivity index (χ4n) is 1.80. The zero-order valence-electron chi connectivity index (χ0n) is 12.4. The number of aliphatic hydroxyl groups is 1. The zero-order chi connectivity index (χ0) is 15.0. The van der Waals surface area contributed by atoms with E-state index in [1.54, 1.807) is 6.92 Å². The maximum absolute atomic E-state index is 11.4. The van der Waals surface area contributed by atoms with E-state index in [0.29, 0.717) is 26.1 Å². The predicted octanol–water partition coefficient (Wildman–Crippen LogP) is 1.75. The van der Waals surface area contributed by atoms with Crippen molar-refractivity contribution in [3.8, 4) is 5.75 Å². The van der Waals surface area contributed by atoms with Crippen molar-refractivity contribution in [3.63, 3.8) is 0 Å². The maximum atomic E-state index is 11.4. The lowest BCUT2D eigenvalue weighted by Gasteiger charge is -2.13. The molecule has 1 aromatic carbocycles. The van der Waals surface area contributed by atoms with Crippen molar-refractivity contribution in [2.75, 3.05) is 19.7 Å². The summed E-state index contributed by atoms with van der Waals surface area (Å²) in [6.07, 6.45) is 0.148. The van der Waals surface area contributed by atoms with Crippen molar-refractivity contribution in [3.05, 3.63) is 29.3 Å². The summed E-state index contributed by atoms with van der Waals surface area (Å²) < 4.78 is 5.68. The third kappa shape index (κ3) is 5.93. The minimum atomic E-state index is -0.400. The summed E-state index contributed by atoms with van der Waals surface area (Å²) in [6.45, 7) is 7.01. The molecule has 1 rings (SSSR count). The minimum Gasteiger partial charge on any atom is -0.491 e. The highest BCUT2D eigenvalue weighted by atomic mass is 16.5. The number of nitrogens with one attached hydrogen (secondary N) is 2. The minimum absolute atomic E-state index is 0.240. The molecule has 20 heavy (non-hydrogen) atoms. The number of urea groups is 1. The molecule has 0 aliphatic rings. The molecule has 5 nitrogen and oxygen atoms in total. The summed E-state index contributed by atoms with van der Waals surface area (Å²) in [7, 11) is 0. The van der Waals surface area contributed by atoms with Crippen molar-refractivity contribution in [2.24, 2.45) is 0 Å². The zero-order valence-corrected chi connectivity index (χ0v) is 12.4. The van der Waals surface area contributed by atoms with Crippen molar-refractivity contribution in [2.45, 2.75) is 33.3 Å². The Balaban J connectivity index is 2.20. The van der Waals surface area contributed by atoms with Gasteiger partial charge in [0.1, 0.15) is 12.4 Å². The lowest BCUT2D eigenvalue weighted by molar-refractivity contribution is 0.183. The number of rotatable bonds is 7. The molecule has 0 radical (unpaired) electrons. The van der Waals surface area contributed by atoms with Gasteiger partial charge in [-0.2, -0.15) is 0 Å². The molecule has 5 heteroatoms. The monoisotopic (exact) mass is 280 g/mol. The second kappa shape index (κ2) is 8.43. The van der Waals surface area contributed by atoms with Crippen LogP contribution in [0.5, 0.6) is 5.75 Å². The first-order valence-electron chi connectivity index (χ1n) is 6.89. The highest BCUT2D eigenvalue weighted by molar-refractivity contribution is 5.73. The summed E-state index contributed by atoms with van der Waals surface area (Å²) in [5.74, 6) is 0.879. The number of carbonyl (C=O) groups excluding carboxylic acids is 1. The number of aryl methyl sites for hydroxylation is 2. The van der Waals surface area contributed by atoms with E-state index in [1.165, 1.54) is 0 Å². The second-order valence-corrected chi connectivity index (χ2v) is 4.89. The number of aliphatic hydroxyl groups excluding tert-OH is 1. The molecule has 0 aromatic heterocycles. The molecule has 112 valence electrons. The van der Waals surface area contributed by atoms with Crippen molar-refractivity contribution in [1.82, 2.24) is 10.6 Å². The normalized spacial score (nSPS) is 11.8. The van der Waals surface area contributed by atoms with E-state index >= 15 is 0 Å². The first-order valence-corrected chi connectivity index (χ1v) is 6.89. The molecule has 2 amide bonds. The molecule has 1 atom stereocenters. The Kier molecular flexibility index (Phi) is 6.87. The van der Waals surface area contributed by atoms with Gasteiger partial charge < -0.3 is 20.5 Å². The van der Waals surface area contributed by atoms with Gasteiger partial charge in [0.05, 0.1) is 12.6 Å². The number of amides is 2. The fraction of sp³-hybridized carbons (Fsp3) is 0.533. The Morgan fingerprint density at radius 1 is 1.25 bits per heavy atom. The van der Waals surface area contributed by atoms with Gasteiger partial charge in [-0.15, -0.1) is 0 Å². The number of benzene rings is 1. The Morgan fingerprint density at radius 2 is 1.85 bits per heavy atom. The first kappa shape index (κ1) is 16.3. The summed E-state index contributed by atoms with van der Waals surface area (Å²) in [6, 6.07) is 5.75. The van der Waals surface area contributed by atoms with Crippen LogP contribution in [0.3, 0.4) is 0 Å². The summed E-state index contributed by atoms with van der Waals surface area (Å²) >= 11 is 0. The smallest absolute Gasteiger partial charge is 0.314 e. The molecule has 0 aliphatic heterocycles. The SMILES string of the molecule is Cc1cccc(C)c1OCCNC(=O)NCCC(C)O. The second-order valence-electron chi connectivity index (χ2n) is 4.89. The van der Waals surface area contributed by atoms with Crippen LogP contribution in [-0.4, -0.2) is 36.9 Å². The van der Waals surface area contributed by atoms with Gasteiger partial charge in [0.2, 0.25) is 0 Å². The van der Waals surface area contributed by atoms with Gasteiger partial charge in [-0.3, -0.25) is 0 Å². The average Bonchev–Trinajstić information content (AvgIpc) is 2.37. The number of hydrogen-bond donors (Lipinski definition) is 3. The first-order chi connectivity index (χ1) is 9.50. The third-order valence-electron chi connectivity index (χ3n) is 2.89. The van der Waals surface area contributed by atoms with Gasteiger partial charge >= 0.3 is 6.03 Å². The van der Waals surface area contributed by atoms with Crippen LogP contribution in [-0.2, 0) is 0 Å². The van der Waals surface area contributed by atoms with E-state index in [4.69, 9.17) is 9.84 Å². The van der Waals surface area contributed by atoms with Crippen LogP contribution in [0.15, 0.2) is 18.2 Å². The van der Waals surface area contributed by atoms with Crippen LogP contribution in [0.4, 0.5) is 4.79 Å². The highest BCUT2D eigenvalue weighted by Crippen LogP contribution is 2.21. The Bertz CT molecular complexity index is 413. The topological polar surface area (TPSA) is 70.6 Å². The largest absolute Gasteiger partial charge is 0.491 e. The lowest BCUT2D eigenvalue weighted by Crippen LogP contribution is -2.38. The van der Waals surface area contributed by atoms with Crippen LogP contribution < -0.4 is 15.4 Å². The lowest BCUT2D eigenvalue weighted by atomic mass is 10.1. The van der Waals surface area contributed by atoms with Gasteiger partial charge in [-0.1, -0.05) is 18.2 Å². The number of hydrogen-bond acceptors (Lipinski definition) is 3. The van der Waals surface area contributed by atoms with Crippen molar-refractivity contribution in [1.29, 1.82) is 0 Å². The quantitative estimate of drug-likeness (QED) is 0.666. The summed E-state index contributed by atoms with van der Waals surface area (Å²) in [5, 5.41) is 14.4. The Labute approximate surface area is 120 Å². The third-order valence-corrected chi connectivity index (χ3v) is 2.89. The fourth-order valence-corrected chi connectivity index (χ4v) is 1.80. The molecule has 0 spiro atoms. The molecule has 1 aromatic rings. The molecular formula is C15H24N2O3. The molecule has 0 heterocycles. The number of para-hydroxylation sites is 1. The van der Waals surface area contributed by atoms with Crippen LogP contribution in [0.1, 0.15) is 24.5 Å². The molecule has 0 bridgehead atoms. The molecular weight excluding hydrogens is 256 g/mol. The van der Waals surface area contributed by atoms with E-state index in [-0.39, 0.29) is 6.03 Å². The molecule has 1 unspecified atom stereocenters. The maximum Gasteiger partial charge on any atom is 0.314 e. The number of ether oxygens (including phenoxy) is 1. The van der Waals surface area contributed by atoms with Gasteiger partial charge in [0.15, 0.2) is 0 Å². The highest BCUT2D eigenvalue weighted by Gasteiger charge is 2.04. The van der Waals surface area contributed by atoms with Gasteiger partial charge in [-0.25, -0.2) is 4.79 Å². The standard InChI is InChI=1S/C15H24N2O3/c1-11-5-4-6-12(2)14(11)20-10-9-17-15(19)16-8-7-13(3)18/h4-6,13,18H,7-10H2,1-3H3,(H2,16,17,19). The van der Waals surface area contributed by atoms with Gasteiger partial charge in [0, 0.05) is 6.54 Å². The van der Waals surface area contributed by atoms with E-state index in [0.717, 1.165) is 16.9 Å². The molecule has 0 fully saturated rings. The van der Waals surface area contributed by atoms with Gasteiger partial charge in [-0.05, 0) is 38.3 Å². The predicted molar refractivity (Wildman–Crippen MR) is 79.1 cm³/mol. The molecule has 3 N–H and O–H groups in total. The van der Waals surface area contributed by atoms with E-state index < -0.39 is 6.10 Å². The Hall–Kier alpha value is -1.75. The molecule has 0 aliphatic carbocycles. The molecule has 0 saturated heterocycles. The van der Waals surface area contributed by atoms with Crippen molar-refractivity contribution >= 4 is 6.03 Å². The van der Waals surface area contributed by atoms with Crippen LogP contribution in [0.25, 0.3) is 0 Å². The average molecular weight is 280 g/mol. The van der Waals surface area contributed by atoms with Crippen molar-refractivity contribution < 1.29 is 14.6 Å². The van der Waals surface area contributed by atoms with Crippen LogP contribution >= 0.6 is 0 Å². The van der Waals surface area contributed by atoms with E-state index in [2.05, 4.69) is 10.6 Å². The molecule has 0 saturated carbocycles. The summed E-state index contributed by atoms with van der Waals surface area (Å²) in [4.78, 5) is 11.4. The van der Waals surface area contributed by atoms with E-state index in [1.807, 2.05) is 32.0 Å².